The lowest BCUT2D eigenvalue weighted by Gasteiger charge is -2.09. The predicted molar refractivity (Wildman–Crippen MR) is 132 cm³/mol. The quantitative estimate of drug-likeness (QED) is 0.192. The summed E-state index contributed by atoms with van der Waals surface area (Å²) in [6, 6.07) is 6.28. The van der Waals surface area contributed by atoms with Crippen molar-refractivity contribution in [1.29, 1.82) is 0 Å². The Morgan fingerprint density at radius 1 is 0.750 bits per heavy atom. The van der Waals surface area contributed by atoms with Crippen LogP contribution in [-0.4, -0.2) is 63.8 Å². The Morgan fingerprint density at radius 3 is 1.39 bits per heavy atom. The molecule has 0 fully saturated rings. The topological polar surface area (TPSA) is 168 Å². The van der Waals surface area contributed by atoms with Gasteiger partial charge in [0.1, 0.15) is 0 Å². The Hall–Kier alpha value is -2.98. The molecule has 0 radical (unpaired) electrons. The van der Waals surface area contributed by atoms with Gasteiger partial charge in [0, 0.05) is 12.8 Å². The van der Waals surface area contributed by atoms with Crippen molar-refractivity contribution in [2.24, 2.45) is 0 Å². The average Bonchev–Trinajstić information content (AvgIpc) is 2.82. The molecule has 4 N–H and O–H groups in total. The summed E-state index contributed by atoms with van der Waals surface area (Å²) in [7, 11) is 0. The van der Waals surface area contributed by atoms with Crippen molar-refractivity contribution in [2.75, 3.05) is 13.2 Å². The maximum Gasteiger partial charge on any atom is 0.338 e. The molecule has 1 aromatic rings. The highest BCUT2D eigenvalue weighted by atomic mass is 16.5. The molecule has 0 spiro atoms. The Kier molecular flexibility index (Phi) is 19.6. The van der Waals surface area contributed by atoms with Gasteiger partial charge >= 0.3 is 23.9 Å². The second kappa shape index (κ2) is 21.3. The number of carboxylic acid groups (broad SMARTS) is 2. The number of carbonyl (C=O) groups is 4. The Labute approximate surface area is 212 Å². The van der Waals surface area contributed by atoms with E-state index < -0.39 is 18.2 Å². The lowest BCUT2D eigenvalue weighted by molar-refractivity contribution is -0.138. The number of aliphatic carboxylic acids is 2. The van der Waals surface area contributed by atoms with Crippen LogP contribution in [0.1, 0.15) is 105 Å². The van der Waals surface area contributed by atoms with E-state index in [0.29, 0.717) is 43.6 Å². The molecule has 2 bridgehead atoms. The van der Waals surface area contributed by atoms with Crippen molar-refractivity contribution in [2.45, 2.75) is 90.3 Å². The second-order valence-electron chi connectivity index (χ2n) is 8.23. The Morgan fingerprint density at radius 2 is 1.11 bits per heavy atom. The van der Waals surface area contributed by atoms with E-state index in [9.17, 15) is 19.2 Å². The first-order valence-corrected chi connectivity index (χ1v) is 12.4. The minimum Gasteiger partial charge on any atom is -0.481 e. The number of hydrogen-bond acceptors (Lipinski definition) is 8. The first-order chi connectivity index (χ1) is 17.2. The third kappa shape index (κ3) is 19.3. The molecule has 0 unspecified atom stereocenters. The van der Waals surface area contributed by atoms with Crippen LogP contribution in [-0.2, 0) is 19.1 Å². The molecule has 0 aromatic heterocycles. The van der Waals surface area contributed by atoms with E-state index in [0.717, 1.165) is 44.9 Å². The third-order valence-corrected chi connectivity index (χ3v) is 4.94. The summed E-state index contributed by atoms with van der Waals surface area (Å²) < 4.78 is 10.1. The molecule has 36 heavy (non-hydrogen) atoms. The van der Waals surface area contributed by atoms with Crippen LogP contribution in [0, 0.1) is 0 Å². The van der Waals surface area contributed by atoms with E-state index in [-0.39, 0.29) is 24.8 Å². The van der Waals surface area contributed by atoms with Gasteiger partial charge in [-0.15, -0.1) is 0 Å². The summed E-state index contributed by atoms with van der Waals surface area (Å²) in [5.41, 5.74) is 0.911. The van der Waals surface area contributed by atoms with Gasteiger partial charge in [0.15, 0.2) is 6.29 Å². The van der Waals surface area contributed by atoms with Crippen LogP contribution in [0.3, 0.4) is 0 Å². The molecule has 2 heterocycles. The van der Waals surface area contributed by atoms with Gasteiger partial charge in [-0.05, 0) is 56.4 Å². The van der Waals surface area contributed by atoms with Crippen LogP contribution in [0.4, 0.5) is 0 Å². The molecule has 0 aliphatic carbocycles. The van der Waals surface area contributed by atoms with Crippen molar-refractivity contribution in [3.8, 4) is 0 Å². The first kappa shape index (κ1) is 33.0. The standard InChI is InChI=1S/C12H12O4.C10H18O4.C4H10O2/c13-11-9-3-5-10(6-4-9)12(14)16-8-2-1-7-15-11;11-9(12)7-5-3-1-2-4-6-8-10(13)14;1-2-3-4(5)6/h3-6H,1-2,7-8H2;1-8H2,(H,11,12)(H,13,14);4-6H,2-3H2,1H3. The molecule has 0 atom stereocenters. The number of hydrogen-bond donors (Lipinski definition) is 4. The van der Waals surface area contributed by atoms with Gasteiger partial charge in [-0.25, -0.2) is 9.59 Å². The van der Waals surface area contributed by atoms with Gasteiger partial charge < -0.3 is 29.9 Å². The van der Waals surface area contributed by atoms with Gasteiger partial charge in [0.05, 0.1) is 24.3 Å². The fourth-order valence-electron chi connectivity index (χ4n) is 2.96. The number of aliphatic hydroxyl groups excluding tert-OH is 1. The number of carbonyl (C=O) groups excluding carboxylic acids is 2. The van der Waals surface area contributed by atoms with Gasteiger partial charge in [-0.2, -0.15) is 0 Å². The van der Waals surface area contributed by atoms with Crippen molar-refractivity contribution in [3.05, 3.63) is 35.4 Å². The van der Waals surface area contributed by atoms with Crippen LogP contribution >= 0.6 is 0 Å². The normalized spacial score (nSPS) is 13.1. The summed E-state index contributed by atoms with van der Waals surface area (Å²) in [5, 5.41) is 32.9. The molecule has 0 saturated heterocycles. The zero-order valence-corrected chi connectivity index (χ0v) is 21.0. The van der Waals surface area contributed by atoms with Crippen LogP contribution in [0.2, 0.25) is 0 Å². The molecule has 204 valence electrons. The molecular weight excluding hydrogens is 472 g/mol. The van der Waals surface area contributed by atoms with Crippen molar-refractivity contribution < 1.29 is 49.1 Å². The van der Waals surface area contributed by atoms with Crippen molar-refractivity contribution in [3.63, 3.8) is 0 Å². The van der Waals surface area contributed by atoms with E-state index in [1.54, 1.807) is 24.3 Å². The smallest absolute Gasteiger partial charge is 0.338 e. The molecule has 2 aliphatic heterocycles. The molecule has 3 rings (SSSR count). The molecule has 10 heteroatoms. The van der Waals surface area contributed by atoms with Crippen LogP contribution in [0.15, 0.2) is 24.3 Å². The van der Waals surface area contributed by atoms with Gasteiger partial charge in [-0.3, -0.25) is 9.59 Å². The average molecular weight is 513 g/mol. The van der Waals surface area contributed by atoms with Crippen molar-refractivity contribution in [1.82, 2.24) is 0 Å². The summed E-state index contributed by atoms with van der Waals surface area (Å²) in [6.45, 7) is 2.62. The predicted octanol–water partition coefficient (Wildman–Crippen LogP) is 4.17. The van der Waals surface area contributed by atoms with E-state index in [4.69, 9.17) is 29.9 Å². The zero-order chi connectivity index (χ0) is 27.2. The van der Waals surface area contributed by atoms with E-state index >= 15 is 0 Å². The third-order valence-electron chi connectivity index (χ3n) is 4.94. The molecule has 10 nitrogen and oxygen atoms in total. The highest BCUT2D eigenvalue weighted by Crippen LogP contribution is 2.10. The Balaban J connectivity index is 0.000000563. The highest BCUT2D eigenvalue weighted by molar-refractivity contribution is 5.93. The maximum absolute atomic E-state index is 11.5. The fourth-order valence-corrected chi connectivity index (χ4v) is 2.96. The molecular formula is C26H40O10. The number of carboxylic acids is 2. The summed E-state index contributed by atoms with van der Waals surface area (Å²) in [5.74, 6) is -2.17. The maximum atomic E-state index is 11.5. The second-order valence-corrected chi connectivity index (χ2v) is 8.23. The summed E-state index contributed by atoms with van der Waals surface area (Å²) >= 11 is 0. The van der Waals surface area contributed by atoms with Gasteiger partial charge in [-0.1, -0.05) is 39.0 Å². The largest absolute Gasteiger partial charge is 0.481 e. The zero-order valence-electron chi connectivity index (χ0n) is 21.0. The molecule has 0 amide bonds. The van der Waals surface area contributed by atoms with Gasteiger partial charge in [0.25, 0.3) is 0 Å². The van der Waals surface area contributed by atoms with E-state index in [1.165, 1.54) is 0 Å². The molecule has 0 saturated carbocycles. The van der Waals surface area contributed by atoms with Gasteiger partial charge in [0.2, 0.25) is 0 Å². The number of fused-ring (bicyclic) bond motifs is 9. The minimum absolute atomic E-state index is 0.245. The monoisotopic (exact) mass is 512 g/mol. The number of benzene rings is 1. The van der Waals surface area contributed by atoms with Crippen LogP contribution in [0.5, 0.6) is 0 Å². The lowest BCUT2D eigenvalue weighted by Crippen LogP contribution is -2.12. The number of unbranched alkanes of at least 4 members (excludes halogenated alkanes) is 5. The fraction of sp³-hybridized carbons (Fsp3) is 0.615. The van der Waals surface area contributed by atoms with Crippen molar-refractivity contribution >= 4 is 23.9 Å². The van der Waals surface area contributed by atoms with Crippen LogP contribution < -0.4 is 0 Å². The number of ether oxygens (including phenoxy) is 2. The highest BCUT2D eigenvalue weighted by Gasteiger charge is 2.12. The van der Waals surface area contributed by atoms with E-state index in [2.05, 4.69) is 0 Å². The number of esters is 2. The molecule has 2 aliphatic rings. The molecule has 1 aromatic carbocycles. The summed E-state index contributed by atoms with van der Waals surface area (Å²) in [6.07, 6.45) is 7.45. The number of rotatable bonds is 11. The SMILES string of the molecule is CCCC(O)O.O=C(O)CCCCCCCCC(=O)O.O=C1OCCCCOC(=O)c2ccc1cc2. The summed E-state index contributed by atoms with van der Waals surface area (Å²) in [4.78, 5) is 43.2. The lowest BCUT2D eigenvalue weighted by atomic mass is 10.1. The van der Waals surface area contributed by atoms with Crippen LogP contribution in [0.25, 0.3) is 0 Å². The Bertz CT molecular complexity index is 699. The van der Waals surface area contributed by atoms with E-state index in [1.807, 2.05) is 6.92 Å². The minimum atomic E-state index is -1.10. The number of aliphatic hydroxyl groups is 2. The first-order valence-electron chi connectivity index (χ1n) is 12.4.